The van der Waals surface area contributed by atoms with Crippen molar-refractivity contribution in [2.24, 2.45) is 0 Å². The van der Waals surface area contributed by atoms with Crippen LogP contribution in [0.15, 0.2) is 60.4 Å². The summed E-state index contributed by atoms with van der Waals surface area (Å²) >= 11 is 31.5. The fourth-order valence-electron chi connectivity index (χ4n) is 3.46. The average molecular weight is 803 g/mol. The quantitative estimate of drug-likeness (QED) is 0.113. The van der Waals surface area contributed by atoms with Crippen molar-refractivity contribution in [1.29, 1.82) is 0 Å². The van der Waals surface area contributed by atoms with Crippen LogP contribution in [-0.2, 0) is 0 Å². The number of Topliss-reactive ketones (excluding diaryl/α,β-unsaturated/α-hetero) is 1. The molecule has 0 spiro atoms. The van der Waals surface area contributed by atoms with E-state index in [4.69, 9.17) is 34.8 Å². The molecular formula is C23H9Br4Cl3N2O4. The molecule has 36 heavy (non-hydrogen) atoms. The lowest BCUT2D eigenvalue weighted by Crippen LogP contribution is -2.51. The lowest BCUT2D eigenvalue weighted by atomic mass is 10.1. The van der Waals surface area contributed by atoms with Gasteiger partial charge < -0.3 is 0 Å². The Morgan fingerprint density at radius 2 is 1.25 bits per heavy atom. The molecule has 1 aliphatic rings. The second kappa shape index (κ2) is 10.8. The van der Waals surface area contributed by atoms with Crippen molar-refractivity contribution in [1.82, 2.24) is 10.0 Å². The number of amides is 3. The lowest BCUT2D eigenvalue weighted by Gasteiger charge is -2.29. The van der Waals surface area contributed by atoms with Crippen LogP contribution in [0.2, 0.25) is 15.1 Å². The van der Waals surface area contributed by atoms with Crippen LogP contribution in [-0.4, -0.2) is 40.1 Å². The fourth-order valence-corrected chi connectivity index (χ4v) is 6.53. The number of rotatable bonds is 5. The SMILES string of the molecule is O=C(CN(C(=O)c1ccc(Cl)cc1Cl)N1C(=O)c2c(Br)c(Br)c(Br)c(Br)c2C1=O)c1ccc(Cl)cc1. The molecule has 1 heterocycles. The molecule has 0 aliphatic carbocycles. The first-order valence-corrected chi connectivity index (χ1v) is 14.0. The molecule has 3 aromatic carbocycles. The van der Waals surface area contributed by atoms with Crippen LogP contribution in [0.5, 0.6) is 0 Å². The minimum atomic E-state index is -0.848. The summed E-state index contributed by atoms with van der Waals surface area (Å²) in [7, 11) is 0. The van der Waals surface area contributed by atoms with Gasteiger partial charge in [0.25, 0.3) is 17.7 Å². The highest BCUT2D eigenvalue weighted by Gasteiger charge is 2.46. The van der Waals surface area contributed by atoms with E-state index in [9.17, 15) is 19.2 Å². The smallest absolute Gasteiger partial charge is 0.282 e. The van der Waals surface area contributed by atoms with Crippen molar-refractivity contribution in [2.75, 3.05) is 6.54 Å². The van der Waals surface area contributed by atoms with Gasteiger partial charge in [-0.3, -0.25) is 19.2 Å². The molecule has 0 fully saturated rings. The fraction of sp³-hybridized carbons (Fsp3) is 0.0435. The van der Waals surface area contributed by atoms with Crippen molar-refractivity contribution in [3.8, 4) is 0 Å². The molecule has 0 atom stereocenters. The predicted octanol–water partition coefficient (Wildman–Crippen LogP) is 8.23. The first-order chi connectivity index (χ1) is 16.9. The summed E-state index contributed by atoms with van der Waals surface area (Å²) in [4.78, 5) is 53.9. The summed E-state index contributed by atoms with van der Waals surface area (Å²) in [6.45, 7) is -0.636. The number of carbonyl (C=O) groups excluding carboxylic acids is 4. The number of benzene rings is 3. The van der Waals surface area contributed by atoms with Crippen molar-refractivity contribution in [2.45, 2.75) is 0 Å². The Kier molecular flexibility index (Phi) is 8.36. The summed E-state index contributed by atoms with van der Waals surface area (Å²) in [6, 6.07) is 10.1. The Morgan fingerprint density at radius 3 is 1.75 bits per heavy atom. The van der Waals surface area contributed by atoms with E-state index in [1.807, 2.05) is 0 Å². The molecule has 13 heteroatoms. The Balaban J connectivity index is 1.84. The van der Waals surface area contributed by atoms with E-state index in [-0.39, 0.29) is 32.3 Å². The Labute approximate surface area is 253 Å². The highest BCUT2D eigenvalue weighted by atomic mass is 79.9. The largest absolute Gasteiger partial charge is 0.292 e. The van der Waals surface area contributed by atoms with E-state index in [1.165, 1.54) is 42.5 Å². The van der Waals surface area contributed by atoms with Crippen LogP contribution in [0.25, 0.3) is 0 Å². The number of halogens is 7. The third kappa shape index (κ3) is 4.93. The molecule has 0 bridgehead atoms. The zero-order valence-electron chi connectivity index (χ0n) is 17.4. The third-order valence-corrected chi connectivity index (χ3v) is 10.7. The van der Waals surface area contributed by atoms with Gasteiger partial charge in [-0.25, -0.2) is 5.01 Å². The van der Waals surface area contributed by atoms with Gasteiger partial charge in [-0.2, -0.15) is 5.01 Å². The minimum Gasteiger partial charge on any atom is -0.292 e. The molecular weight excluding hydrogens is 794 g/mol. The van der Waals surface area contributed by atoms with Gasteiger partial charge in [0.15, 0.2) is 5.78 Å². The first kappa shape index (κ1) is 27.8. The van der Waals surface area contributed by atoms with E-state index in [2.05, 4.69) is 63.7 Å². The molecule has 184 valence electrons. The molecule has 0 radical (unpaired) electrons. The van der Waals surface area contributed by atoms with Gasteiger partial charge in [-0.15, -0.1) is 0 Å². The second-order valence-corrected chi connectivity index (χ2v) is 11.8. The first-order valence-electron chi connectivity index (χ1n) is 9.74. The van der Waals surface area contributed by atoms with E-state index in [1.54, 1.807) is 0 Å². The number of imide groups is 1. The molecule has 6 nitrogen and oxygen atoms in total. The van der Waals surface area contributed by atoms with E-state index >= 15 is 0 Å². The Morgan fingerprint density at radius 1 is 0.750 bits per heavy atom. The Bertz CT molecular complexity index is 1430. The highest BCUT2D eigenvalue weighted by Crippen LogP contribution is 2.45. The van der Waals surface area contributed by atoms with Gasteiger partial charge in [0.05, 0.1) is 21.7 Å². The minimum absolute atomic E-state index is 0.0131. The number of hydrazine groups is 1. The van der Waals surface area contributed by atoms with Gasteiger partial charge in [-0.05, 0) is 106 Å². The maximum Gasteiger partial charge on any atom is 0.282 e. The van der Waals surface area contributed by atoms with Gasteiger partial charge in [-0.1, -0.05) is 34.8 Å². The topological polar surface area (TPSA) is 74.8 Å². The van der Waals surface area contributed by atoms with Gasteiger partial charge >= 0.3 is 0 Å². The number of hydrogen-bond donors (Lipinski definition) is 0. The van der Waals surface area contributed by atoms with Crippen LogP contribution in [0.1, 0.15) is 41.4 Å². The summed E-state index contributed by atoms with van der Waals surface area (Å²) in [5, 5.41) is 2.10. The Hall–Kier alpha value is -1.27. The predicted molar refractivity (Wildman–Crippen MR) is 151 cm³/mol. The molecule has 0 saturated carbocycles. The van der Waals surface area contributed by atoms with Crippen molar-refractivity contribution in [3.05, 3.63) is 97.7 Å². The third-order valence-electron chi connectivity index (χ3n) is 5.18. The normalized spacial score (nSPS) is 12.7. The maximum absolute atomic E-state index is 13.7. The summed E-state index contributed by atoms with van der Waals surface area (Å²) in [5.74, 6) is -3.00. The number of nitrogens with zero attached hydrogens (tertiary/aromatic N) is 2. The number of hydrogen-bond acceptors (Lipinski definition) is 4. The highest BCUT2D eigenvalue weighted by molar-refractivity contribution is 9.15. The molecule has 0 N–H and O–H groups in total. The van der Waals surface area contributed by atoms with E-state index in [0.717, 1.165) is 5.01 Å². The van der Waals surface area contributed by atoms with Crippen molar-refractivity contribution >= 4 is 122 Å². The van der Waals surface area contributed by atoms with Crippen molar-refractivity contribution in [3.63, 3.8) is 0 Å². The average Bonchev–Trinajstić information content (AvgIpc) is 3.09. The molecule has 4 rings (SSSR count). The standard InChI is InChI=1S/C23H9Br4Cl3N2O4/c24-17-15-16(18(25)20(27)19(17)26)23(36)32(22(15)35)31(8-14(33)9-1-3-10(28)4-2-9)21(34)12-6-5-11(29)7-13(12)30/h1-7H,8H2. The number of fused-ring (bicyclic) bond motifs is 1. The van der Waals surface area contributed by atoms with Crippen LogP contribution >= 0.6 is 98.5 Å². The monoisotopic (exact) mass is 798 g/mol. The molecule has 0 aromatic heterocycles. The van der Waals surface area contributed by atoms with Crippen LogP contribution in [0.3, 0.4) is 0 Å². The second-order valence-electron chi connectivity index (χ2n) is 7.35. The van der Waals surface area contributed by atoms with Gasteiger partial charge in [0.1, 0.15) is 6.54 Å². The maximum atomic E-state index is 13.7. The zero-order chi connectivity index (χ0) is 26.5. The molecule has 1 aliphatic heterocycles. The van der Waals surface area contributed by atoms with E-state index in [0.29, 0.717) is 27.9 Å². The molecule has 0 saturated heterocycles. The molecule has 0 unspecified atom stereocenters. The van der Waals surface area contributed by atoms with Crippen LogP contribution in [0.4, 0.5) is 0 Å². The van der Waals surface area contributed by atoms with Crippen LogP contribution < -0.4 is 0 Å². The van der Waals surface area contributed by atoms with Crippen molar-refractivity contribution < 1.29 is 19.2 Å². The van der Waals surface area contributed by atoms with E-state index < -0.39 is 30.0 Å². The number of carbonyl (C=O) groups is 4. The summed E-state index contributed by atoms with van der Waals surface area (Å²) in [6.07, 6.45) is 0. The lowest BCUT2D eigenvalue weighted by molar-refractivity contribution is 0.00527. The molecule has 3 amide bonds. The zero-order valence-corrected chi connectivity index (χ0v) is 26.0. The summed E-state index contributed by atoms with van der Waals surface area (Å²) < 4.78 is 1.56. The number of ketones is 1. The van der Waals surface area contributed by atoms with Gasteiger partial charge in [0, 0.05) is 33.5 Å². The molecule has 3 aromatic rings. The van der Waals surface area contributed by atoms with Crippen LogP contribution in [0, 0.1) is 0 Å². The summed E-state index contributed by atoms with van der Waals surface area (Å²) in [5.41, 5.74) is 0.202. The van der Waals surface area contributed by atoms with Gasteiger partial charge in [0.2, 0.25) is 0 Å².